The van der Waals surface area contributed by atoms with Gasteiger partial charge in [0.05, 0.1) is 12.2 Å². The lowest BCUT2D eigenvalue weighted by Crippen LogP contribution is -2.51. The van der Waals surface area contributed by atoms with Crippen molar-refractivity contribution in [2.45, 2.75) is 6.04 Å². The smallest absolute Gasteiger partial charge is 0.274 e. The van der Waals surface area contributed by atoms with Gasteiger partial charge in [-0.2, -0.15) is 0 Å². The zero-order valence-corrected chi connectivity index (χ0v) is 17.5. The van der Waals surface area contributed by atoms with Crippen molar-refractivity contribution in [2.24, 2.45) is 0 Å². The van der Waals surface area contributed by atoms with E-state index < -0.39 is 6.04 Å². The standard InChI is InChI=1S/C25H23N5O2/c31-24(20-16-28-21-9-5-4-8-19(20)21)23(18-6-2-1-3-7-18)29-12-14-30(15-13-29)25(32)22-17-26-10-11-27-22/h1-11,16-17,23,28H,12-15H2. The van der Waals surface area contributed by atoms with E-state index in [2.05, 4.69) is 19.9 Å². The normalized spacial score (nSPS) is 15.6. The zero-order valence-electron chi connectivity index (χ0n) is 17.5. The van der Waals surface area contributed by atoms with Crippen LogP contribution >= 0.6 is 0 Å². The van der Waals surface area contributed by atoms with Crippen molar-refractivity contribution >= 4 is 22.6 Å². The Kier molecular flexibility index (Phi) is 5.47. The molecule has 2 aromatic heterocycles. The number of amides is 1. The Balaban J connectivity index is 1.40. The molecule has 4 aromatic rings. The van der Waals surface area contributed by atoms with E-state index >= 15 is 0 Å². The number of para-hydroxylation sites is 1. The van der Waals surface area contributed by atoms with Crippen molar-refractivity contribution in [1.29, 1.82) is 0 Å². The van der Waals surface area contributed by atoms with E-state index in [-0.39, 0.29) is 11.7 Å². The molecule has 1 saturated heterocycles. The van der Waals surface area contributed by atoms with Crippen molar-refractivity contribution < 1.29 is 9.59 Å². The van der Waals surface area contributed by atoms with Gasteiger partial charge in [0.15, 0.2) is 5.78 Å². The third-order valence-corrected chi connectivity index (χ3v) is 5.97. The summed E-state index contributed by atoms with van der Waals surface area (Å²) in [7, 11) is 0. The fraction of sp³-hybridized carbons (Fsp3) is 0.200. The van der Waals surface area contributed by atoms with Crippen LogP contribution in [0.5, 0.6) is 0 Å². The number of nitrogens with one attached hydrogen (secondary N) is 1. The maximum Gasteiger partial charge on any atom is 0.274 e. The topological polar surface area (TPSA) is 82.2 Å². The lowest BCUT2D eigenvalue weighted by atomic mass is 9.95. The van der Waals surface area contributed by atoms with E-state index in [9.17, 15) is 9.59 Å². The highest BCUT2D eigenvalue weighted by Crippen LogP contribution is 2.29. The largest absolute Gasteiger partial charge is 0.360 e. The SMILES string of the molecule is O=C(c1c[nH]c2ccccc12)C(c1ccccc1)N1CCN(C(=O)c2cnccn2)CC1. The number of carbonyl (C=O) groups excluding carboxylic acids is 2. The lowest BCUT2D eigenvalue weighted by Gasteiger charge is -2.38. The van der Waals surface area contributed by atoms with Crippen molar-refractivity contribution in [1.82, 2.24) is 24.8 Å². The summed E-state index contributed by atoms with van der Waals surface area (Å²) in [5.41, 5.74) is 2.93. The van der Waals surface area contributed by atoms with Crippen LogP contribution in [0, 0.1) is 0 Å². The Bertz CT molecular complexity index is 1230. The number of aromatic amines is 1. The van der Waals surface area contributed by atoms with Crippen molar-refractivity contribution in [2.75, 3.05) is 26.2 Å². The molecule has 0 saturated carbocycles. The summed E-state index contributed by atoms with van der Waals surface area (Å²) in [6, 6.07) is 17.3. The summed E-state index contributed by atoms with van der Waals surface area (Å²) in [4.78, 5) is 41.8. The second-order valence-corrected chi connectivity index (χ2v) is 7.84. The molecule has 32 heavy (non-hydrogen) atoms. The van der Waals surface area contributed by atoms with E-state index in [0.29, 0.717) is 37.4 Å². The number of aromatic nitrogens is 3. The summed E-state index contributed by atoms with van der Waals surface area (Å²) in [6.07, 6.45) is 6.36. The lowest BCUT2D eigenvalue weighted by molar-refractivity contribution is 0.0528. The predicted molar refractivity (Wildman–Crippen MR) is 121 cm³/mol. The Morgan fingerprint density at radius 2 is 1.66 bits per heavy atom. The first-order valence-corrected chi connectivity index (χ1v) is 10.7. The Hall–Kier alpha value is -3.84. The molecule has 3 heterocycles. The average Bonchev–Trinajstić information content (AvgIpc) is 3.30. The van der Waals surface area contributed by atoms with Crippen molar-refractivity contribution in [3.8, 4) is 0 Å². The van der Waals surface area contributed by atoms with E-state index in [1.54, 1.807) is 17.3 Å². The number of Topliss-reactive ketones (excluding diaryl/α,β-unsaturated/α-hetero) is 1. The molecular formula is C25H23N5O2. The van der Waals surface area contributed by atoms with Crippen LogP contribution in [0.1, 0.15) is 32.5 Å². The number of rotatable bonds is 5. The molecule has 7 heteroatoms. The number of hydrogen-bond donors (Lipinski definition) is 1. The number of ketones is 1. The molecule has 2 aromatic carbocycles. The minimum absolute atomic E-state index is 0.0577. The van der Waals surface area contributed by atoms with Gasteiger partial charge in [-0.15, -0.1) is 0 Å². The number of hydrogen-bond acceptors (Lipinski definition) is 5. The number of H-pyrrole nitrogens is 1. The molecule has 5 rings (SSSR count). The number of carbonyl (C=O) groups is 2. The quantitative estimate of drug-likeness (QED) is 0.496. The Labute approximate surface area is 185 Å². The van der Waals surface area contributed by atoms with Crippen molar-refractivity contribution in [3.63, 3.8) is 0 Å². The van der Waals surface area contributed by atoms with Gasteiger partial charge in [-0.25, -0.2) is 4.98 Å². The number of nitrogens with zero attached hydrogens (tertiary/aromatic N) is 4. The van der Waals surface area contributed by atoms with Crippen molar-refractivity contribution in [3.05, 3.63) is 96.2 Å². The third kappa shape index (κ3) is 3.78. The van der Waals surface area contributed by atoms with Crippen LogP contribution in [0.4, 0.5) is 0 Å². The average molecular weight is 425 g/mol. The summed E-state index contributed by atoms with van der Waals surface area (Å²) in [6.45, 7) is 2.25. The highest BCUT2D eigenvalue weighted by Gasteiger charge is 2.33. The fourth-order valence-corrected chi connectivity index (χ4v) is 4.34. The molecule has 1 unspecified atom stereocenters. The second-order valence-electron chi connectivity index (χ2n) is 7.84. The summed E-state index contributed by atoms with van der Waals surface area (Å²) < 4.78 is 0. The third-order valence-electron chi connectivity index (χ3n) is 5.97. The van der Waals surface area contributed by atoms with Crippen LogP contribution in [0.3, 0.4) is 0 Å². The van der Waals surface area contributed by atoms with Crippen LogP contribution in [0.2, 0.25) is 0 Å². The predicted octanol–water partition coefficient (Wildman–Crippen LogP) is 3.34. The molecule has 1 N–H and O–H groups in total. The van der Waals surface area contributed by atoms with Gasteiger partial charge in [-0.05, 0) is 11.6 Å². The molecule has 160 valence electrons. The molecule has 1 aliphatic rings. The molecular weight excluding hydrogens is 402 g/mol. The van der Waals surface area contributed by atoms with Gasteiger partial charge < -0.3 is 9.88 Å². The molecule has 1 atom stereocenters. The van der Waals surface area contributed by atoms with Gasteiger partial charge in [0.25, 0.3) is 5.91 Å². The highest BCUT2D eigenvalue weighted by molar-refractivity contribution is 6.10. The molecule has 1 aliphatic heterocycles. The second kappa shape index (κ2) is 8.72. The molecule has 0 spiro atoms. The summed E-state index contributed by atoms with van der Waals surface area (Å²) >= 11 is 0. The van der Waals surface area contributed by atoms with Gasteiger partial charge in [-0.1, -0.05) is 48.5 Å². The molecule has 0 radical (unpaired) electrons. The maximum absolute atomic E-state index is 13.8. The van der Waals surface area contributed by atoms with Crippen LogP contribution in [0.15, 0.2) is 79.4 Å². The van der Waals surface area contributed by atoms with E-state index in [1.807, 2.05) is 54.6 Å². The number of piperazine rings is 1. The van der Waals surface area contributed by atoms with Gasteiger partial charge in [0.2, 0.25) is 0 Å². The summed E-state index contributed by atoms with van der Waals surface area (Å²) in [5.74, 6) is -0.0701. The van der Waals surface area contributed by atoms with Crippen LogP contribution < -0.4 is 0 Å². The van der Waals surface area contributed by atoms with Gasteiger partial charge in [-0.3, -0.25) is 19.5 Å². The van der Waals surface area contributed by atoms with Gasteiger partial charge in [0.1, 0.15) is 5.69 Å². The first-order chi connectivity index (χ1) is 15.7. The minimum atomic E-state index is -0.413. The monoisotopic (exact) mass is 425 g/mol. The Morgan fingerprint density at radius 3 is 2.41 bits per heavy atom. The van der Waals surface area contributed by atoms with E-state index in [1.165, 1.54) is 12.4 Å². The Morgan fingerprint density at radius 1 is 0.906 bits per heavy atom. The zero-order chi connectivity index (χ0) is 21.9. The maximum atomic E-state index is 13.8. The molecule has 1 fully saturated rings. The van der Waals surface area contributed by atoms with Crippen LogP contribution in [-0.4, -0.2) is 62.6 Å². The molecule has 1 amide bonds. The molecule has 7 nitrogen and oxygen atoms in total. The number of fused-ring (bicyclic) bond motifs is 1. The first-order valence-electron chi connectivity index (χ1n) is 10.7. The summed E-state index contributed by atoms with van der Waals surface area (Å²) in [5, 5.41) is 0.926. The number of benzene rings is 2. The van der Waals surface area contributed by atoms with Crippen LogP contribution in [-0.2, 0) is 0 Å². The van der Waals surface area contributed by atoms with Gasteiger partial charge >= 0.3 is 0 Å². The van der Waals surface area contributed by atoms with Crippen LogP contribution in [0.25, 0.3) is 10.9 Å². The van der Waals surface area contributed by atoms with E-state index in [0.717, 1.165) is 16.5 Å². The van der Waals surface area contributed by atoms with Gasteiger partial charge in [0, 0.05) is 61.2 Å². The first kappa shape index (κ1) is 20.1. The highest BCUT2D eigenvalue weighted by atomic mass is 16.2. The molecule has 0 bridgehead atoms. The fourth-order valence-electron chi connectivity index (χ4n) is 4.34. The minimum Gasteiger partial charge on any atom is -0.360 e. The molecule has 0 aliphatic carbocycles. The van der Waals surface area contributed by atoms with E-state index in [4.69, 9.17) is 0 Å².